The van der Waals surface area contributed by atoms with E-state index >= 15 is 0 Å². The van der Waals surface area contributed by atoms with Gasteiger partial charge in [-0.3, -0.25) is 4.79 Å². The van der Waals surface area contributed by atoms with Crippen LogP contribution in [0.2, 0.25) is 0 Å². The van der Waals surface area contributed by atoms with Crippen molar-refractivity contribution in [1.29, 1.82) is 0 Å². The molecule has 3 aromatic rings. The molecule has 0 aliphatic carbocycles. The quantitative estimate of drug-likeness (QED) is 0.452. The Balaban J connectivity index is 1.66. The Morgan fingerprint density at radius 2 is 1.77 bits per heavy atom. The van der Waals surface area contributed by atoms with Crippen molar-refractivity contribution in [3.63, 3.8) is 0 Å². The average molecular weight is 441 g/mol. The highest BCUT2D eigenvalue weighted by molar-refractivity contribution is 7.13. The fourth-order valence-electron chi connectivity index (χ4n) is 3.22. The molecule has 0 fully saturated rings. The molecule has 1 heterocycles. The lowest BCUT2D eigenvalue weighted by atomic mass is 10.1. The summed E-state index contributed by atoms with van der Waals surface area (Å²) in [4.78, 5) is 19.4. The van der Waals surface area contributed by atoms with E-state index in [4.69, 9.17) is 14.2 Å². The lowest BCUT2D eigenvalue weighted by Gasteiger charge is -2.21. The number of hydrogen-bond acceptors (Lipinski definition) is 6. The largest absolute Gasteiger partial charge is 0.494 e. The highest BCUT2D eigenvalue weighted by atomic mass is 32.1. The Morgan fingerprint density at radius 3 is 2.42 bits per heavy atom. The topological polar surface area (TPSA) is 60.9 Å². The monoisotopic (exact) mass is 440 g/mol. The van der Waals surface area contributed by atoms with Crippen molar-refractivity contribution in [2.75, 3.05) is 27.4 Å². The number of amides is 1. The van der Waals surface area contributed by atoms with Crippen LogP contribution in [0.5, 0.6) is 17.2 Å². The Morgan fingerprint density at radius 1 is 1.03 bits per heavy atom. The van der Waals surface area contributed by atoms with Crippen LogP contribution in [0.4, 0.5) is 0 Å². The average Bonchev–Trinajstić information content (AvgIpc) is 3.26. The van der Waals surface area contributed by atoms with Gasteiger partial charge in [0.1, 0.15) is 10.8 Å². The molecule has 0 saturated carbocycles. The molecule has 3 rings (SSSR count). The lowest BCUT2D eigenvalue weighted by Crippen LogP contribution is -2.31. The summed E-state index contributed by atoms with van der Waals surface area (Å²) in [5.74, 6) is 2.21. The van der Waals surface area contributed by atoms with Crippen LogP contribution in [0.25, 0.3) is 10.6 Å². The van der Waals surface area contributed by atoms with Crippen molar-refractivity contribution in [3.8, 4) is 27.8 Å². The first kappa shape index (κ1) is 22.6. The maximum absolute atomic E-state index is 12.9. The molecule has 31 heavy (non-hydrogen) atoms. The highest BCUT2D eigenvalue weighted by Crippen LogP contribution is 2.29. The minimum atomic E-state index is 0.0424. The van der Waals surface area contributed by atoms with Crippen LogP contribution >= 0.6 is 11.3 Å². The van der Waals surface area contributed by atoms with Crippen LogP contribution < -0.4 is 14.2 Å². The van der Waals surface area contributed by atoms with Gasteiger partial charge in [-0.25, -0.2) is 4.98 Å². The first-order valence-corrected chi connectivity index (χ1v) is 11.1. The second kappa shape index (κ2) is 10.8. The van der Waals surface area contributed by atoms with E-state index in [1.807, 2.05) is 66.6 Å². The first-order chi connectivity index (χ1) is 15.1. The van der Waals surface area contributed by atoms with Crippen molar-refractivity contribution < 1.29 is 19.0 Å². The van der Waals surface area contributed by atoms with Crippen molar-refractivity contribution in [2.45, 2.75) is 26.8 Å². The van der Waals surface area contributed by atoms with Gasteiger partial charge in [-0.05, 0) is 55.8 Å². The van der Waals surface area contributed by atoms with Gasteiger partial charge in [0.15, 0.2) is 11.5 Å². The van der Waals surface area contributed by atoms with Crippen LogP contribution in [0.3, 0.4) is 0 Å². The summed E-state index contributed by atoms with van der Waals surface area (Å²) in [6.07, 6.45) is 0.272. The number of hydrogen-bond donors (Lipinski definition) is 0. The number of nitrogens with zero attached hydrogens (tertiary/aromatic N) is 2. The summed E-state index contributed by atoms with van der Waals surface area (Å²) in [5.41, 5.74) is 2.79. The molecular formula is C24H28N2O4S. The van der Waals surface area contributed by atoms with E-state index in [9.17, 15) is 4.79 Å². The van der Waals surface area contributed by atoms with Gasteiger partial charge in [-0.2, -0.15) is 0 Å². The number of rotatable bonds is 10. The van der Waals surface area contributed by atoms with Gasteiger partial charge in [0.05, 0.1) is 32.9 Å². The summed E-state index contributed by atoms with van der Waals surface area (Å²) in [5, 5.41) is 2.85. The Hall–Kier alpha value is -3.06. The molecule has 0 aliphatic heterocycles. The van der Waals surface area contributed by atoms with Gasteiger partial charge in [-0.15, -0.1) is 11.3 Å². The minimum Gasteiger partial charge on any atom is -0.494 e. The number of benzene rings is 2. The number of aromatic nitrogens is 1. The smallest absolute Gasteiger partial charge is 0.228 e. The summed E-state index contributed by atoms with van der Waals surface area (Å²) in [6, 6.07) is 13.6. The molecule has 2 aromatic carbocycles. The normalized spacial score (nSPS) is 10.6. The molecule has 7 heteroatoms. The molecule has 0 aliphatic rings. The van der Waals surface area contributed by atoms with Crippen LogP contribution in [-0.2, 0) is 17.8 Å². The van der Waals surface area contributed by atoms with Crippen LogP contribution in [-0.4, -0.2) is 43.2 Å². The zero-order valence-electron chi connectivity index (χ0n) is 18.4. The van der Waals surface area contributed by atoms with Gasteiger partial charge >= 0.3 is 0 Å². The highest BCUT2D eigenvalue weighted by Gasteiger charge is 2.16. The van der Waals surface area contributed by atoms with Gasteiger partial charge in [0.2, 0.25) is 5.91 Å². The summed E-state index contributed by atoms with van der Waals surface area (Å²) in [7, 11) is 3.21. The van der Waals surface area contributed by atoms with E-state index < -0.39 is 0 Å². The number of likely N-dealkylation sites (N-methyl/N-ethyl adjacent to an activating group) is 1. The van der Waals surface area contributed by atoms with E-state index in [0.29, 0.717) is 31.2 Å². The predicted molar refractivity (Wildman–Crippen MR) is 123 cm³/mol. The number of ether oxygens (including phenoxy) is 3. The van der Waals surface area contributed by atoms with Gasteiger partial charge in [0.25, 0.3) is 0 Å². The molecule has 0 atom stereocenters. The fourth-order valence-corrected chi connectivity index (χ4v) is 4.05. The van der Waals surface area contributed by atoms with Crippen LogP contribution in [0, 0.1) is 0 Å². The molecule has 6 nitrogen and oxygen atoms in total. The SMILES string of the molecule is CCOc1ccc(-c2nc(CC(=O)N(CC)Cc3ccc(OC)c(OC)c3)cs2)cc1. The molecular weight excluding hydrogens is 412 g/mol. The zero-order valence-corrected chi connectivity index (χ0v) is 19.2. The Kier molecular flexibility index (Phi) is 7.89. The van der Waals surface area contributed by atoms with Gasteiger partial charge < -0.3 is 19.1 Å². The number of carbonyl (C=O) groups is 1. The van der Waals surface area contributed by atoms with E-state index in [1.165, 1.54) is 0 Å². The van der Waals surface area contributed by atoms with E-state index in [0.717, 1.165) is 27.6 Å². The van der Waals surface area contributed by atoms with Crippen LogP contribution in [0.1, 0.15) is 25.1 Å². The fraction of sp³-hybridized carbons (Fsp3) is 0.333. The van der Waals surface area contributed by atoms with E-state index in [1.54, 1.807) is 25.6 Å². The van der Waals surface area contributed by atoms with Gasteiger partial charge in [-0.1, -0.05) is 6.07 Å². The minimum absolute atomic E-state index is 0.0424. The number of thiazole rings is 1. The van der Waals surface area contributed by atoms with E-state index in [-0.39, 0.29) is 12.3 Å². The number of methoxy groups -OCH3 is 2. The van der Waals surface area contributed by atoms with Crippen molar-refractivity contribution in [2.24, 2.45) is 0 Å². The molecule has 1 aromatic heterocycles. The predicted octanol–water partition coefficient (Wildman–Crippen LogP) is 4.82. The van der Waals surface area contributed by atoms with Gasteiger partial charge in [0, 0.05) is 24.0 Å². The summed E-state index contributed by atoms with van der Waals surface area (Å²) >= 11 is 1.54. The van der Waals surface area contributed by atoms with Crippen molar-refractivity contribution in [3.05, 3.63) is 59.1 Å². The molecule has 0 N–H and O–H groups in total. The Bertz CT molecular complexity index is 1000. The van der Waals surface area contributed by atoms with Crippen LogP contribution in [0.15, 0.2) is 47.8 Å². The zero-order chi connectivity index (χ0) is 22.2. The maximum Gasteiger partial charge on any atom is 0.228 e. The first-order valence-electron chi connectivity index (χ1n) is 10.2. The van der Waals surface area contributed by atoms with Crippen molar-refractivity contribution >= 4 is 17.2 Å². The third-order valence-electron chi connectivity index (χ3n) is 4.85. The second-order valence-electron chi connectivity index (χ2n) is 6.88. The molecule has 0 spiro atoms. The van der Waals surface area contributed by atoms with Crippen molar-refractivity contribution in [1.82, 2.24) is 9.88 Å². The Labute approximate surface area is 187 Å². The summed E-state index contributed by atoms with van der Waals surface area (Å²) in [6.45, 7) is 5.70. The molecule has 1 amide bonds. The second-order valence-corrected chi connectivity index (χ2v) is 7.73. The number of carbonyl (C=O) groups excluding carboxylic acids is 1. The molecule has 0 bridgehead atoms. The molecule has 0 radical (unpaired) electrons. The third kappa shape index (κ3) is 5.76. The van der Waals surface area contributed by atoms with E-state index in [2.05, 4.69) is 4.98 Å². The standard InChI is InChI=1S/C24H28N2O4S/c1-5-26(15-17-7-12-21(28-3)22(13-17)29-4)23(27)14-19-16-31-24(25-19)18-8-10-20(11-9-18)30-6-2/h7-13,16H,5-6,14-15H2,1-4H3. The molecule has 164 valence electrons. The summed E-state index contributed by atoms with van der Waals surface area (Å²) < 4.78 is 16.1. The maximum atomic E-state index is 12.9. The third-order valence-corrected chi connectivity index (χ3v) is 5.79. The molecule has 0 saturated heterocycles. The lowest BCUT2D eigenvalue weighted by molar-refractivity contribution is -0.130. The molecule has 0 unspecified atom stereocenters.